The smallest absolute Gasteiger partial charge is 0.221 e. The summed E-state index contributed by atoms with van der Waals surface area (Å²) in [4.78, 5) is 14.1. The van der Waals surface area contributed by atoms with Crippen LogP contribution in [0.25, 0.3) is 0 Å². The molecule has 2 aliphatic rings. The van der Waals surface area contributed by atoms with E-state index in [1.165, 1.54) is 0 Å². The topological polar surface area (TPSA) is 78.5 Å². The molecule has 1 aliphatic heterocycles. The number of carbonyl (C=O) groups excluding carboxylic acids is 1. The van der Waals surface area contributed by atoms with Crippen LogP contribution in [0.4, 0.5) is 0 Å². The summed E-state index contributed by atoms with van der Waals surface area (Å²) in [6.45, 7) is 5.81. The third-order valence-corrected chi connectivity index (χ3v) is 6.87. The molecule has 1 saturated carbocycles. The maximum absolute atomic E-state index is 12.1. The van der Waals surface area contributed by atoms with Crippen LogP contribution in [0.15, 0.2) is 0 Å². The summed E-state index contributed by atoms with van der Waals surface area (Å²) in [5.74, 6) is -0.136. The van der Waals surface area contributed by atoms with Gasteiger partial charge in [0, 0.05) is 39.1 Å². The van der Waals surface area contributed by atoms with Crippen LogP contribution in [-0.4, -0.2) is 69.5 Å². The predicted octanol–water partition coefficient (Wildman–Crippen LogP) is 0.567. The fourth-order valence-electron chi connectivity index (χ4n) is 3.20. The molecule has 8 heteroatoms. The summed E-state index contributed by atoms with van der Waals surface area (Å²) in [6, 6.07) is 0. The highest BCUT2D eigenvalue weighted by Gasteiger charge is 2.28. The van der Waals surface area contributed by atoms with E-state index in [1.807, 2.05) is 0 Å². The molecule has 2 rings (SSSR count). The minimum Gasteiger partial charge on any atom is -0.356 e. The monoisotopic (exact) mass is 367 g/mol. The molecule has 0 atom stereocenters. The molecule has 0 aromatic carbocycles. The quantitative estimate of drug-likeness (QED) is 0.613. The van der Waals surface area contributed by atoms with Crippen LogP contribution in [0.2, 0.25) is 0 Å². The third kappa shape index (κ3) is 7.37. The van der Waals surface area contributed by atoms with Crippen molar-refractivity contribution < 1.29 is 13.2 Å². The Morgan fingerprint density at radius 3 is 2.48 bits per heavy atom. The highest BCUT2D eigenvalue weighted by molar-refractivity contribution is 7.92. The normalized spacial score (nSPS) is 20.2. The molecule has 1 saturated heterocycles. The number of carbonyl (C=O) groups is 1. The van der Waals surface area contributed by atoms with Gasteiger partial charge in [0.2, 0.25) is 5.91 Å². The Morgan fingerprint density at radius 1 is 1.17 bits per heavy atom. The Kier molecular flexibility index (Phi) is 9.43. The van der Waals surface area contributed by atoms with Gasteiger partial charge in [-0.15, -0.1) is 12.4 Å². The predicted molar refractivity (Wildman–Crippen MR) is 94.8 cm³/mol. The standard InChI is InChI=1S/C15H29N3O3S.ClH/c19-15(6-13-22(20,21)14-4-1-2-5-14)17-7-3-10-18-11-8-16-9-12-18;/h14,16H,1-13H2,(H,17,19);1H. The molecule has 0 aromatic rings. The molecule has 136 valence electrons. The van der Waals surface area contributed by atoms with Crippen LogP contribution in [0, 0.1) is 0 Å². The van der Waals surface area contributed by atoms with Gasteiger partial charge in [-0.3, -0.25) is 4.79 Å². The average Bonchev–Trinajstić information content (AvgIpc) is 3.06. The van der Waals surface area contributed by atoms with Gasteiger partial charge in [0.1, 0.15) is 0 Å². The van der Waals surface area contributed by atoms with E-state index in [1.54, 1.807) is 0 Å². The van der Waals surface area contributed by atoms with Crippen molar-refractivity contribution in [3.05, 3.63) is 0 Å². The largest absolute Gasteiger partial charge is 0.356 e. The highest BCUT2D eigenvalue weighted by Crippen LogP contribution is 2.25. The molecular formula is C15H30ClN3O3S. The molecule has 0 unspecified atom stereocenters. The van der Waals surface area contributed by atoms with E-state index >= 15 is 0 Å². The molecule has 2 fully saturated rings. The number of amides is 1. The van der Waals surface area contributed by atoms with Crippen molar-refractivity contribution in [3.63, 3.8) is 0 Å². The molecule has 0 radical (unpaired) electrons. The number of hydrogen-bond acceptors (Lipinski definition) is 5. The molecular weight excluding hydrogens is 338 g/mol. The summed E-state index contributed by atoms with van der Waals surface area (Å²) >= 11 is 0. The van der Waals surface area contributed by atoms with Crippen molar-refractivity contribution >= 4 is 28.2 Å². The lowest BCUT2D eigenvalue weighted by Gasteiger charge is -2.27. The average molecular weight is 368 g/mol. The zero-order valence-electron chi connectivity index (χ0n) is 13.8. The van der Waals surface area contributed by atoms with Crippen LogP contribution in [-0.2, 0) is 14.6 Å². The Bertz CT molecular complexity index is 447. The fraction of sp³-hybridized carbons (Fsp3) is 0.933. The second kappa shape index (κ2) is 10.5. The number of nitrogens with one attached hydrogen (secondary N) is 2. The van der Waals surface area contributed by atoms with Gasteiger partial charge >= 0.3 is 0 Å². The van der Waals surface area contributed by atoms with Gasteiger partial charge in [-0.25, -0.2) is 8.42 Å². The minimum atomic E-state index is -3.08. The van der Waals surface area contributed by atoms with Gasteiger partial charge in [-0.1, -0.05) is 12.8 Å². The highest BCUT2D eigenvalue weighted by atomic mass is 35.5. The van der Waals surface area contributed by atoms with Crippen molar-refractivity contribution in [3.8, 4) is 0 Å². The molecule has 6 nitrogen and oxygen atoms in total. The molecule has 0 bridgehead atoms. The molecule has 0 aromatic heterocycles. The number of hydrogen-bond donors (Lipinski definition) is 2. The zero-order valence-corrected chi connectivity index (χ0v) is 15.4. The van der Waals surface area contributed by atoms with Crippen molar-refractivity contribution in [2.75, 3.05) is 45.0 Å². The van der Waals surface area contributed by atoms with Gasteiger partial charge in [-0.2, -0.15) is 0 Å². The number of rotatable bonds is 8. The van der Waals surface area contributed by atoms with Crippen LogP contribution >= 0.6 is 12.4 Å². The first-order chi connectivity index (χ1) is 10.6. The molecule has 0 spiro atoms. The zero-order chi connectivity index (χ0) is 15.8. The Labute approximate surface area is 146 Å². The van der Waals surface area contributed by atoms with Crippen molar-refractivity contribution in [1.29, 1.82) is 0 Å². The Morgan fingerprint density at radius 2 is 1.83 bits per heavy atom. The molecule has 1 aliphatic carbocycles. The minimum absolute atomic E-state index is 0. The van der Waals surface area contributed by atoms with E-state index in [2.05, 4.69) is 15.5 Å². The molecule has 2 N–H and O–H groups in total. The maximum Gasteiger partial charge on any atom is 0.221 e. The van der Waals surface area contributed by atoms with E-state index in [-0.39, 0.29) is 35.7 Å². The number of sulfone groups is 1. The van der Waals surface area contributed by atoms with Crippen LogP contribution in [0.5, 0.6) is 0 Å². The van der Waals surface area contributed by atoms with Crippen molar-refractivity contribution in [2.24, 2.45) is 0 Å². The van der Waals surface area contributed by atoms with E-state index in [9.17, 15) is 13.2 Å². The molecule has 23 heavy (non-hydrogen) atoms. The van der Waals surface area contributed by atoms with Crippen LogP contribution in [0.1, 0.15) is 38.5 Å². The number of piperazine rings is 1. The first kappa shape index (κ1) is 20.7. The Balaban J connectivity index is 0.00000264. The summed E-state index contributed by atoms with van der Waals surface area (Å²) in [5, 5.41) is 5.95. The SMILES string of the molecule is Cl.O=C(CCS(=O)(=O)C1CCCC1)NCCCN1CCNCC1. The lowest BCUT2D eigenvalue weighted by atomic mass is 10.3. The second-order valence-corrected chi connectivity index (χ2v) is 8.72. The number of halogens is 1. The summed E-state index contributed by atoms with van der Waals surface area (Å²) in [7, 11) is -3.08. The lowest BCUT2D eigenvalue weighted by molar-refractivity contribution is -0.120. The first-order valence-corrected chi connectivity index (χ1v) is 10.2. The van der Waals surface area contributed by atoms with Gasteiger partial charge in [0.15, 0.2) is 9.84 Å². The van der Waals surface area contributed by atoms with Crippen LogP contribution in [0.3, 0.4) is 0 Å². The summed E-state index contributed by atoms with van der Waals surface area (Å²) < 4.78 is 24.2. The van der Waals surface area contributed by atoms with Gasteiger partial charge < -0.3 is 15.5 Å². The first-order valence-electron chi connectivity index (χ1n) is 8.49. The van der Waals surface area contributed by atoms with E-state index in [4.69, 9.17) is 0 Å². The molecule has 1 heterocycles. The second-order valence-electron chi connectivity index (χ2n) is 6.32. The molecule has 1 amide bonds. The maximum atomic E-state index is 12.1. The van der Waals surface area contributed by atoms with E-state index < -0.39 is 9.84 Å². The summed E-state index contributed by atoms with van der Waals surface area (Å²) in [6.07, 6.45) is 4.57. The lowest BCUT2D eigenvalue weighted by Crippen LogP contribution is -2.44. The van der Waals surface area contributed by atoms with Crippen molar-refractivity contribution in [1.82, 2.24) is 15.5 Å². The Hall–Kier alpha value is -0.370. The van der Waals surface area contributed by atoms with Crippen molar-refractivity contribution in [2.45, 2.75) is 43.8 Å². The van der Waals surface area contributed by atoms with E-state index in [0.717, 1.165) is 64.8 Å². The third-order valence-electron chi connectivity index (χ3n) is 4.61. The fourth-order valence-corrected chi connectivity index (χ4v) is 5.06. The summed E-state index contributed by atoms with van der Waals surface area (Å²) in [5.41, 5.74) is 0. The van der Waals surface area contributed by atoms with Crippen LogP contribution < -0.4 is 10.6 Å². The van der Waals surface area contributed by atoms with Gasteiger partial charge in [-0.05, 0) is 25.8 Å². The van der Waals surface area contributed by atoms with E-state index in [0.29, 0.717) is 6.54 Å². The van der Waals surface area contributed by atoms with Gasteiger partial charge in [0.05, 0.1) is 11.0 Å². The van der Waals surface area contributed by atoms with Gasteiger partial charge in [0.25, 0.3) is 0 Å². The number of nitrogens with zero attached hydrogens (tertiary/aromatic N) is 1.